The highest BCUT2D eigenvalue weighted by atomic mass is 19.4. The van der Waals surface area contributed by atoms with Crippen molar-refractivity contribution in [2.45, 2.75) is 12.7 Å². The molecule has 26 heavy (non-hydrogen) atoms. The van der Waals surface area contributed by atoms with E-state index in [1.807, 2.05) is 30.3 Å². The van der Waals surface area contributed by atoms with Crippen LogP contribution < -0.4 is 5.32 Å². The summed E-state index contributed by atoms with van der Waals surface area (Å²) in [5, 5.41) is 2.48. The molecule has 1 aromatic heterocycles. The van der Waals surface area contributed by atoms with E-state index in [0.717, 1.165) is 17.7 Å². The summed E-state index contributed by atoms with van der Waals surface area (Å²) in [7, 11) is 0. The van der Waals surface area contributed by atoms with Crippen molar-refractivity contribution in [1.29, 1.82) is 0 Å². The molecule has 0 fully saturated rings. The van der Waals surface area contributed by atoms with Crippen LogP contribution in [0.25, 0.3) is 11.3 Å². The first-order chi connectivity index (χ1) is 12.4. The Labute approximate surface area is 147 Å². The molecule has 0 atom stereocenters. The monoisotopic (exact) mass is 357 g/mol. The number of aromatic nitrogens is 2. The van der Waals surface area contributed by atoms with Crippen molar-refractivity contribution in [1.82, 2.24) is 15.3 Å². The zero-order chi connectivity index (χ0) is 18.6. The topological polar surface area (TPSA) is 54.9 Å². The highest BCUT2D eigenvalue weighted by molar-refractivity contribution is 5.95. The molecular formula is C19H14F3N3O. The molecule has 0 radical (unpaired) electrons. The van der Waals surface area contributed by atoms with Crippen molar-refractivity contribution in [3.05, 3.63) is 83.8 Å². The van der Waals surface area contributed by atoms with Gasteiger partial charge in [-0.1, -0.05) is 42.5 Å². The first-order valence-corrected chi connectivity index (χ1v) is 7.76. The molecule has 4 nitrogen and oxygen atoms in total. The third kappa shape index (κ3) is 4.05. The second-order valence-electron chi connectivity index (χ2n) is 5.49. The van der Waals surface area contributed by atoms with E-state index in [-0.39, 0.29) is 6.54 Å². The number of alkyl halides is 3. The Kier molecular flexibility index (Phi) is 4.97. The van der Waals surface area contributed by atoms with Gasteiger partial charge in [-0.3, -0.25) is 4.79 Å². The first kappa shape index (κ1) is 17.6. The minimum atomic E-state index is -4.59. The number of carbonyl (C=O) groups is 1. The van der Waals surface area contributed by atoms with E-state index >= 15 is 0 Å². The maximum Gasteiger partial charge on any atom is 0.417 e. The number of halogens is 3. The molecule has 0 saturated carbocycles. The molecule has 0 aliphatic rings. The fourth-order valence-electron chi connectivity index (χ4n) is 2.46. The SMILES string of the molecule is O=C(NCc1cc(-c2ccccc2)ncn1)c1ccccc1C(F)(F)F. The fraction of sp³-hybridized carbons (Fsp3) is 0.105. The molecular weight excluding hydrogens is 343 g/mol. The Morgan fingerprint density at radius 3 is 2.38 bits per heavy atom. The van der Waals surface area contributed by atoms with E-state index < -0.39 is 23.2 Å². The van der Waals surface area contributed by atoms with E-state index in [2.05, 4.69) is 15.3 Å². The molecule has 1 heterocycles. The average Bonchev–Trinajstić information content (AvgIpc) is 2.66. The van der Waals surface area contributed by atoms with Crippen LogP contribution >= 0.6 is 0 Å². The van der Waals surface area contributed by atoms with Crippen molar-refractivity contribution in [2.75, 3.05) is 0 Å². The number of benzene rings is 2. The second kappa shape index (κ2) is 7.35. The largest absolute Gasteiger partial charge is 0.417 e. The summed E-state index contributed by atoms with van der Waals surface area (Å²) in [5.41, 5.74) is 0.657. The summed E-state index contributed by atoms with van der Waals surface area (Å²) >= 11 is 0. The van der Waals surface area contributed by atoms with Crippen LogP contribution in [0.15, 0.2) is 67.0 Å². The lowest BCUT2D eigenvalue weighted by atomic mass is 10.1. The number of amides is 1. The van der Waals surface area contributed by atoms with Gasteiger partial charge in [-0.2, -0.15) is 13.2 Å². The summed E-state index contributed by atoms with van der Waals surface area (Å²) in [6.45, 7) is -0.00657. The highest BCUT2D eigenvalue weighted by Gasteiger charge is 2.34. The molecule has 0 bridgehead atoms. The summed E-state index contributed by atoms with van der Waals surface area (Å²) in [6, 6.07) is 15.7. The number of hydrogen-bond acceptors (Lipinski definition) is 3. The standard InChI is InChI=1S/C19H14F3N3O/c20-19(21,22)16-9-5-4-8-15(16)18(26)23-11-14-10-17(25-12-24-14)13-6-2-1-3-7-13/h1-10,12H,11H2,(H,23,26). The van der Waals surface area contributed by atoms with Gasteiger partial charge >= 0.3 is 6.18 Å². The predicted octanol–water partition coefficient (Wildman–Crippen LogP) is 4.09. The Hall–Kier alpha value is -3.22. The second-order valence-corrected chi connectivity index (χ2v) is 5.49. The van der Waals surface area contributed by atoms with Gasteiger partial charge in [0.2, 0.25) is 0 Å². The van der Waals surface area contributed by atoms with E-state index in [0.29, 0.717) is 11.4 Å². The Morgan fingerprint density at radius 1 is 0.962 bits per heavy atom. The summed E-state index contributed by atoms with van der Waals surface area (Å²) < 4.78 is 39.0. The van der Waals surface area contributed by atoms with Gasteiger partial charge in [0.1, 0.15) is 6.33 Å². The van der Waals surface area contributed by atoms with E-state index in [1.165, 1.54) is 18.5 Å². The van der Waals surface area contributed by atoms with Gasteiger partial charge in [-0.15, -0.1) is 0 Å². The van der Waals surface area contributed by atoms with Crippen LogP contribution in [0, 0.1) is 0 Å². The van der Waals surface area contributed by atoms with Crippen molar-refractivity contribution >= 4 is 5.91 Å². The van der Waals surface area contributed by atoms with E-state index in [9.17, 15) is 18.0 Å². The van der Waals surface area contributed by atoms with Gasteiger partial charge in [-0.05, 0) is 18.2 Å². The number of hydrogen-bond donors (Lipinski definition) is 1. The first-order valence-electron chi connectivity index (χ1n) is 7.76. The smallest absolute Gasteiger partial charge is 0.346 e. The lowest BCUT2D eigenvalue weighted by molar-refractivity contribution is -0.137. The van der Waals surface area contributed by atoms with Crippen molar-refractivity contribution in [3.8, 4) is 11.3 Å². The van der Waals surface area contributed by atoms with E-state index in [1.54, 1.807) is 6.07 Å². The Morgan fingerprint density at radius 2 is 1.65 bits per heavy atom. The van der Waals surface area contributed by atoms with Crippen LogP contribution in [-0.2, 0) is 12.7 Å². The zero-order valence-electron chi connectivity index (χ0n) is 13.5. The summed E-state index contributed by atoms with van der Waals surface area (Å²) in [6.07, 6.45) is -3.24. The quantitative estimate of drug-likeness (QED) is 0.765. The summed E-state index contributed by atoms with van der Waals surface area (Å²) in [4.78, 5) is 20.4. The number of carbonyl (C=O) groups excluding carboxylic acids is 1. The zero-order valence-corrected chi connectivity index (χ0v) is 13.5. The van der Waals surface area contributed by atoms with Crippen molar-refractivity contribution in [3.63, 3.8) is 0 Å². The minimum Gasteiger partial charge on any atom is -0.346 e. The molecule has 3 rings (SSSR count). The van der Waals surface area contributed by atoms with Crippen LogP contribution in [0.2, 0.25) is 0 Å². The maximum atomic E-state index is 13.0. The number of nitrogens with one attached hydrogen (secondary N) is 1. The van der Waals surface area contributed by atoms with Crippen LogP contribution in [0.4, 0.5) is 13.2 Å². The molecule has 7 heteroatoms. The molecule has 1 amide bonds. The molecule has 0 aliphatic carbocycles. The molecule has 2 aromatic carbocycles. The van der Waals surface area contributed by atoms with Crippen LogP contribution in [0.3, 0.4) is 0 Å². The predicted molar refractivity (Wildman–Crippen MR) is 90.1 cm³/mol. The molecule has 3 aromatic rings. The number of rotatable bonds is 4. The molecule has 0 unspecified atom stereocenters. The van der Waals surface area contributed by atoms with Crippen molar-refractivity contribution < 1.29 is 18.0 Å². The van der Waals surface area contributed by atoms with Gasteiger partial charge in [0.05, 0.1) is 29.1 Å². The maximum absolute atomic E-state index is 13.0. The van der Waals surface area contributed by atoms with Crippen molar-refractivity contribution in [2.24, 2.45) is 0 Å². The van der Waals surface area contributed by atoms with Gasteiger partial charge in [0, 0.05) is 5.56 Å². The third-order valence-corrected chi connectivity index (χ3v) is 3.70. The Bertz CT molecular complexity index is 911. The van der Waals surface area contributed by atoms with Crippen LogP contribution in [0.1, 0.15) is 21.6 Å². The minimum absolute atomic E-state index is 0.00657. The molecule has 0 saturated heterocycles. The fourth-order valence-corrected chi connectivity index (χ4v) is 2.46. The normalized spacial score (nSPS) is 11.2. The summed E-state index contributed by atoms with van der Waals surface area (Å²) in [5.74, 6) is -0.808. The van der Waals surface area contributed by atoms with Gasteiger partial charge in [0.25, 0.3) is 5.91 Å². The molecule has 0 aliphatic heterocycles. The van der Waals surface area contributed by atoms with Gasteiger partial charge in [0.15, 0.2) is 0 Å². The van der Waals surface area contributed by atoms with E-state index in [4.69, 9.17) is 0 Å². The number of nitrogens with zero attached hydrogens (tertiary/aromatic N) is 2. The molecule has 0 spiro atoms. The highest BCUT2D eigenvalue weighted by Crippen LogP contribution is 2.31. The third-order valence-electron chi connectivity index (χ3n) is 3.70. The van der Waals surface area contributed by atoms with Crippen LogP contribution in [-0.4, -0.2) is 15.9 Å². The molecule has 1 N–H and O–H groups in total. The molecule has 132 valence electrons. The Balaban J connectivity index is 1.75. The van der Waals surface area contributed by atoms with Gasteiger partial charge in [-0.25, -0.2) is 9.97 Å². The van der Waals surface area contributed by atoms with Gasteiger partial charge < -0.3 is 5.32 Å². The van der Waals surface area contributed by atoms with Crippen LogP contribution in [0.5, 0.6) is 0 Å². The lowest BCUT2D eigenvalue weighted by Gasteiger charge is -2.12. The average molecular weight is 357 g/mol. The lowest BCUT2D eigenvalue weighted by Crippen LogP contribution is -2.26.